The Hall–Kier alpha value is -1.63. The van der Waals surface area contributed by atoms with Crippen molar-refractivity contribution >= 4 is 24.3 Å². The van der Waals surface area contributed by atoms with Gasteiger partial charge in [-0.2, -0.15) is 0 Å². The average Bonchev–Trinajstić information content (AvgIpc) is 2.62. The van der Waals surface area contributed by atoms with E-state index in [1.807, 2.05) is 44.2 Å². The van der Waals surface area contributed by atoms with Crippen molar-refractivity contribution in [2.24, 2.45) is 11.7 Å². The third-order valence-corrected chi connectivity index (χ3v) is 4.27. The van der Waals surface area contributed by atoms with E-state index < -0.39 is 12.0 Å². The number of rotatable bonds is 10. The zero-order valence-electron chi connectivity index (χ0n) is 16.0. The zero-order valence-corrected chi connectivity index (χ0v) is 16.8. The molecule has 1 aromatic carbocycles. The molecule has 0 aliphatic heterocycles. The molecule has 0 radical (unpaired) electrons. The highest BCUT2D eigenvalue weighted by Crippen LogP contribution is 2.10. The van der Waals surface area contributed by atoms with Crippen LogP contribution < -0.4 is 5.73 Å². The van der Waals surface area contributed by atoms with Crippen LogP contribution in [0.4, 0.5) is 0 Å². The standard InChI is InChI=1S/C19H30N2O4.ClH/c1-14(2)16(20)10-11-18(22)21(3)17(19(23)24-4)13-25-12-15-8-6-5-7-9-15;/h5-9,14,16-17H,10-13,20H2,1-4H3;1H. The molecule has 2 atom stereocenters. The van der Waals surface area contributed by atoms with Gasteiger partial charge in [0.2, 0.25) is 5.91 Å². The molecule has 0 fully saturated rings. The number of carbonyl (C=O) groups excluding carboxylic acids is 2. The highest BCUT2D eigenvalue weighted by Gasteiger charge is 2.28. The minimum absolute atomic E-state index is 0. The Morgan fingerprint density at radius 1 is 1.19 bits per heavy atom. The van der Waals surface area contributed by atoms with Crippen molar-refractivity contribution in [2.75, 3.05) is 20.8 Å². The molecule has 148 valence electrons. The molecule has 0 saturated carbocycles. The fourth-order valence-electron chi connectivity index (χ4n) is 2.31. The third-order valence-electron chi connectivity index (χ3n) is 4.27. The van der Waals surface area contributed by atoms with Gasteiger partial charge in [0, 0.05) is 19.5 Å². The quantitative estimate of drug-likeness (QED) is 0.624. The fraction of sp³-hybridized carbons (Fsp3) is 0.579. The number of carbonyl (C=O) groups is 2. The molecule has 0 heterocycles. The molecule has 1 amide bonds. The van der Waals surface area contributed by atoms with Crippen molar-refractivity contribution in [3.8, 4) is 0 Å². The van der Waals surface area contributed by atoms with Crippen LogP contribution in [0.1, 0.15) is 32.3 Å². The number of methoxy groups -OCH3 is 1. The molecule has 7 heteroatoms. The summed E-state index contributed by atoms with van der Waals surface area (Å²) in [4.78, 5) is 25.8. The Labute approximate surface area is 162 Å². The Morgan fingerprint density at radius 3 is 2.35 bits per heavy atom. The molecule has 26 heavy (non-hydrogen) atoms. The first-order valence-corrected chi connectivity index (χ1v) is 8.57. The summed E-state index contributed by atoms with van der Waals surface area (Å²) in [5.41, 5.74) is 6.99. The second-order valence-corrected chi connectivity index (χ2v) is 6.49. The van der Waals surface area contributed by atoms with Crippen molar-refractivity contribution in [3.63, 3.8) is 0 Å². The summed E-state index contributed by atoms with van der Waals surface area (Å²) in [7, 11) is 2.90. The van der Waals surface area contributed by atoms with Gasteiger partial charge in [-0.25, -0.2) is 4.79 Å². The lowest BCUT2D eigenvalue weighted by atomic mass is 10.00. The lowest BCUT2D eigenvalue weighted by molar-refractivity contribution is -0.154. The van der Waals surface area contributed by atoms with Crippen molar-refractivity contribution in [2.45, 2.75) is 45.4 Å². The number of nitrogens with zero attached hydrogens (tertiary/aromatic N) is 1. The summed E-state index contributed by atoms with van der Waals surface area (Å²) in [6, 6.07) is 8.84. The number of hydrogen-bond acceptors (Lipinski definition) is 5. The molecule has 0 aliphatic carbocycles. The molecule has 0 bridgehead atoms. The maximum absolute atomic E-state index is 12.4. The number of hydrogen-bond donors (Lipinski definition) is 1. The lowest BCUT2D eigenvalue weighted by Crippen LogP contribution is -2.46. The van der Waals surface area contributed by atoms with Gasteiger partial charge >= 0.3 is 5.97 Å². The number of nitrogens with two attached hydrogens (primary N) is 1. The molecular formula is C19H31ClN2O4. The van der Waals surface area contributed by atoms with E-state index >= 15 is 0 Å². The maximum Gasteiger partial charge on any atom is 0.330 e. The minimum Gasteiger partial charge on any atom is -0.467 e. The topological polar surface area (TPSA) is 81.9 Å². The first-order chi connectivity index (χ1) is 11.9. The predicted molar refractivity (Wildman–Crippen MR) is 104 cm³/mol. The van der Waals surface area contributed by atoms with Crippen molar-refractivity contribution in [3.05, 3.63) is 35.9 Å². The second kappa shape index (κ2) is 12.7. The molecule has 1 rings (SSSR count). The highest BCUT2D eigenvalue weighted by molar-refractivity contribution is 5.85. The molecule has 0 aliphatic rings. The number of ether oxygens (including phenoxy) is 2. The first-order valence-electron chi connectivity index (χ1n) is 8.57. The Bertz CT molecular complexity index is 540. The van der Waals surface area contributed by atoms with E-state index in [1.165, 1.54) is 12.0 Å². The van der Waals surface area contributed by atoms with Crippen LogP contribution in [0, 0.1) is 5.92 Å². The molecule has 6 nitrogen and oxygen atoms in total. The van der Waals surface area contributed by atoms with Crippen LogP contribution in [-0.2, 0) is 25.7 Å². The number of benzene rings is 1. The largest absolute Gasteiger partial charge is 0.467 e. The molecule has 0 aromatic heterocycles. The van der Waals surface area contributed by atoms with E-state index in [-0.39, 0.29) is 31.0 Å². The van der Waals surface area contributed by atoms with Crippen LogP contribution in [0.2, 0.25) is 0 Å². The normalized spacial score (nSPS) is 12.8. The average molecular weight is 387 g/mol. The summed E-state index contributed by atoms with van der Waals surface area (Å²) in [6.45, 7) is 4.50. The van der Waals surface area contributed by atoms with E-state index in [9.17, 15) is 9.59 Å². The van der Waals surface area contributed by atoms with Gasteiger partial charge in [0.05, 0.1) is 20.3 Å². The first kappa shape index (κ1) is 24.4. The SMILES string of the molecule is COC(=O)C(COCc1ccccc1)N(C)C(=O)CCC(N)C(C)C.Cl. The number of amides is 1. The van der Waals surface area contributed by atoms with E-state index in [1.54, 1.807) is 7.05 Å². The molecule has 0 spiro atoms. The molecular weight excluding hydrogens is 356 g/mol. The zero-order chi connectivity index (χ0) is 18.8. The van der Waals surface area contributed by atoms with E-state index in [4.69, 9.17) is 15.2 Å². The fourth-order valence-corrected chi connectivity index (χ4v) is 2.31. The van der Waals surface area contributed by atoms with Gasteiger partial charge in [-0.15, -0.1) is 12.4 Å². The number of likely N-dealkylation sites (N-methyl/N-ethyl adjacent to an activating group) is 1. The van der Waals surface area contributed by atoms with Crippen molar-refractivity contribution in [1.29, 1.82) is 0 Å². The number of esters is 1. The summed E-state index contributed by atoms with van der Waals surface area (Å²) < 4.78 is 10.4. The van der Waals surface area contributed by atoms with Gasteiger partial charge in [-0.1, -0.05) is 44.2 Å². The monoisotopic (exact) mass is 386 g/mol. The maximum atomic E-state index is 12.4. The third kappa shape index (κ3) is 8.17. The van der Waals surface area contributed by atoms with Gasteiger partial charge in [-0.3, -0.25) is 4.79 Å². The minimum atomic E-state index is -0.767. The van der Waals surface area contributed by atoms with Gasteiger partial charge in [-0.05, 0) is 17.9 Å². The van der Waals surface area contributed by atoms with Gasteiger partial charge in [0.1, 0.15) is 0 Å². The van der Waals surface area contributed by atoms with E-state index in [0.29, 0.717) is 25.4 Å². The molecule has 2 unspecified atom stereocenters. The summed E-state index contributed by atoms with van der Waals surface area (Å²) in [5, 5.41) is 0. The summed E-state index contributed by atoms with van der Waals surface area (Å²) in [6.07, 6.45) is 0.877. The molecule has 0 saturated heterocycles. The lowest BCUT2D eigenvalue weighted by Gasteiger charge is -2.26. The van der Waals surface area contributed by atoms with Crippen LogP contribution >= 0.6 is 12.4 Å². The van der Waals surface area contributed by atoms with Crippen LogP contribution in [0.3, 0.4) is 0 Å². The van der Waals surface area contributed by atoms with E-state index in [0.717, 1.165) is 5.56 Å². The van der Waals surface area contributed by atoms with Crippen LogP contribution in [-0.4, -0.2) is 49.6 Å². The number of halogens is 1. The Balaban J connectivity index is 0.00000625. The Morgan fingerprint density at radius 2 is 1.81 bits per heavy atom. The van der Waals surface area contributed by atoms with Gasteiger partial charge in [0.15, 0.2) is 6.04 Å². The van der Waals surface area contributed by atoms with Gasteiger partial charge < -0.3 is 20.1 Å². The van der Waals surface area contributed by atoms with Crippen LogP contribution in [0.25, 0.3) is 0 Å². The summed E-state index contributed by atoms with van der Waals surface area (Å²) >= 11 is 0. The molecule has 2 N–H and O–H groups in total. The summed E-state index contributed by atoms with van der Waals surface area (Å²) in [5.74, 6) is -0.324. The highest BCUT2D eigenvalue weighted by atomic mass is 35.5. The smallest absolute Gasteiger partial charge is 0.330 e. The second-order valence-electron chi connectivity index (χ2n) is 6.49. The van der Waals surface area contributed by atoms with Crippen LogP contribution in [0.15, 0.2) is 30.3 Å². The molecule has 1 aromatic rings. The van der Waals surface area contributed by atoms with Gasteiger partial charge in [0.25, 0.3) is 0 Å². The van der Waals surface area contributed by atoms with Crippen molar-refractivity contribution < 1.29 is 19.1 Å². The van der Waals surface area contributed by atoms with Crippen molar-refractivity contribution in [1.82, 2.24) is 4.90 Å². The Kier molecular flexibility index (Phi) is 11.9. The van der Waals surface area contributed by atoms with Crippen LogP contribution in [0.5, 0.6) is 0 Å². The van der Waals surface area contributed by atoms with E-state index in [2.05, 4.69) is 0 Å². The predicted octanol–water partition coefficient (Wildman–Crippen LogP) is 2.39.